The number of hydrogen-bond acceptors (Lipinski definition) is 0. The summed E-state index contributed by atoms with van der Waals surface area (Å²) >= 11 is 0. The first kappa shape index (κ1) is 7.45. The minimum atomic E-state index is 1.11. The van der Waals surface area contributed by atoms with Gasteiger partial charge in [-0.2, -0.15) is 0 Å². The molecule has 0 amide bonds. The van der Waals surface area contributed by atoms with Gasteiger partial charge in [0.2, 0.25) is 0 Å². The lowest BCUT2D eigenvalue weighted by molar-refractivity contribution is 0.833. The Morgan fingerprint density at radius 2 is 2.25 bits per heavy atom. The molecule has 1 heteroatoms. The van der Waals surface area contributed by atoms with E-state index in [0.29, 0.717) is 0 Å². The van der Waals surface area contributed by atoms with Gasteiger partial charge in [-0.15, -0.1) is 4.67 Å². The lowest BCUT2D eigenvalue weighted by Gasteiger charge is -1.82. The monoisotopic (exact) mass is 112 g/mol. The molecule has 0 saturated heterocycles. The topological polar surface area (TPSA) is 14.1 Å². The molecule has 0 bridgehead atoms. The van der Waals surface area contributed by atoms with E-state index in [4.69, 9.17) is 0 Å². The van der Waals surface area contributed by atoms with Crippen LogP contribution in [0.15, 0.2) is 0 Å². The second-order valence-corrected chi connectivity index (χ2v) is 2.00. The Labute approximate surface area is 51.2 Å². The highest BCUT2D eigenvalue weighted by Crippen LogP contribution is 1.92. The van der Waals surface area contributed by atoms with Crippen LogP contribution in [0, 0.1) is 0 Å². The lowest BCUT2D eigenvalue weighted by Crippen LogP contribution is -1.93. The quantitative estimate of drug-likeness (QED) is 0.387. The maximum atomic E-state index is 3.79. The molecule has 0 atom stereocenters. The Bertz CT molecular complexity index is 99.0. The van der Waals surface area contributed by atoms with E-state index in [-0.39, 0.29) is 0 Å². The van der Waals surface area contributed by atoms with Crippen LogP contribution in [-0.2, 0) is 0 Å². The van der Waals surface area contributed by atoms with E-state index in [9.17, 15) is 0 Å². The molecular weight excluding hydrogens is 98.1 g/mol. The minimum absolute atomic E-state index is 1.11. The van der Waals surface area contributed by atoms with E-state index < -0.39 is 0 Å². The Hall–Kier alpha value is -0.550. The highest BCUT2D eigenvalue weighted by atomic mass is 14.5. The lowest BCUT2D eigenvalue weighted by atomic mass is 10.2. The predicted octanol–water partition coefficient (Wildman–Crippen LogP) is 1.41. The zero-order chi connectivity index (χ0) is 6.41. The molecule has 0 radical (unpaired) electrons. The molecule has 0 aliphatic heterocycles. The summed E-state index contributed by atoms with van der Waals surface area (Å²) in [6.07, 6.45) is 3.59. The molecule has 8 heavy (non-hydrogen) atoms. The first-order valence-corrected chi connectivity index (χ1v) is 3.10. The van der Waals surface area contributed by atoms with Crippen LogP contribution in [0.5, 0.6) is 0 Å². The van der Waals surface area contributed by atoms with Crippen LogP contribution in [0.2, 0.25) is 0 Å². The van der Waals surface area contributed by atoms with Crippen molar-refractivity contribution < 1.29 is 0 Å². The van der Waals surface area contributed by atoms with E-state index >= 15 is 0 Å². The molecule has 0 aliphatic rings. The van der Waals surface area contributed by atoms with Gasteiger partial charge in [0.05, 0.1) is 0 Å². The molecular formula is C7H14N+. The zero-order valence-corrected chi connectivity index (χ0v) is 5.78. The smallest absolute Gasteiger partial charge is 0.111 e. The first-order chi connectivity index (χ1) is 3.81. The van der Waals surface area contributed by atoms with E-state index in [0.717, 1.165) is 12.1 Å². The molecule has 0 unspecified atom stereocenters. The van der Waals surface area contributed by atoms with Crippen molar-refractivity contribution in [3.05, 3.63) is 0 Å². The van der Waals surface area contributed by atoms with Crippen LogP contribution in [0.1, 0.15) is 33.1 Å². The molecule has 0 aromatic rings. The van der Waals surface area contributed by atoms with Crippen LogP contribution >= 0.6 is 0 Å². The van der Waals surface area contributed by atoms with E-state index in [1.54, 1.807) is 0 Å². The van der Waals surface area contributed by atoms with Gasteiger partial charge in [-0.1, -0.05) is 13.3 Å². The summed E-state index contributed by atoms with van der Waals surface area (Å²) < 4.78 is 3.79. The Kier molecular flexibility index (Phi) is 4.29. The second kappa shape index (κ2) is 4.61. The van der Waals surface area contributed by atoms with Crippen LogP contribution in [-0.4, -0.2) is 12.4 Å². The predicted molar refractivity (Wildman–Crippen MR) is 39.5 cm³/mol. The summed E-state index contributed by atoms with van der Waals surface area (Å²) in [7, 11) is 0. The average Bonchev–Trinajstić information content (AvgIpc) is 1.83. The first-order valence-electron chi connectivity index (χ1n) is 3.10. The maximum Gasteiger partial charge on any atom is 0.276 e. The average molecular weight is 112 g/mol. The molecule has 0 heterocycles. The fourth-order valence-electron chi connectivity index (χ4n) is 0.512. The highest BCUT2D eigenvalue weighted by molar-refractivity contribution is 5.81. The number of hydrogen-bond donors (Lipinski definition) is 0. The molecule has 46 valence electrons. The van der Waals surface area contributed by atoms with Crippen LogP contribution < -0.4 is 4.67 Å². The van der Waals surface area contributed by atoms with Gasteiger partial charge in [0.15, 0.2) is 0 Å². The van der Waals surface area contributed by atoms with Gasteiger partial charge in [-0.05, 0) is 6.42 Å². The van der Waals surface area contributed by atoms with Crippen LogP contribution in [0.3, 0.4) is 0 Å². The molecule has 0 N–H and O–H groups in total. The molecule has 0 saturated carbocycles. The summed E-state index contributed by atoms with van der Waals surface area (Å²) in [6, 6.07) is 0. The molecule has 0 fully saturated rings. The van der Waals surface area contributed by atoms with Gasteiger partial charge in [0, 0.05) is 13.3 Å². The van der Waals surface area contributed by atoms with Gasteiger partial charge in [-0.3, -0.25) is 0 Å². The maximum absolute atomic E-state index is 3.79. The summed E-state index contributed by atoms with van der Waals surface area (Å²) in [5, 5.41) is 0. The van der Waals surface area contributed by atoms with Gasteiger partial charge < -0.3 is 0 Å². The third-order valence-corrected chi connectivity index (χ3v) is 1.16. The van der Waals surface area contributed by atoms with Crippen molar-refractivity contribution in [3.8, 4) is 0 Å². The molecule has 1 nitrogen and oxygen atoms in total. The molecule has 0 spiro atoms. The Morgan fingerprint density at radius 1 is 1.62 bits per heavy atom. The van der Waals surface area contributed by atoms with Gasteiger partial charge >= 0.3 is 0 Å². The van der Waals surface area contributed by atoms with Crippen LogP contribution in [0.4, 0.5) is 0 Å². The SMILES string of the molecule is C=[N+]=C(C)CCCC. The Balaban J connectivity index is 3.26. The highest BCUT2D eigenvalue weighted by Gasteiger charge is 1.95. The third kappa shape index (κ3) is 3.63. The second-order valence-electron chi connectivity index (χ2n) is 2.00. The van der Waals surface area contributed by atoms with Gasteiger partial charge in [0.1, 0.15) is 0 Å². The van der Waals surface area contributed by atoms with E-state index in [1.807, 2.05) is 6.92 Å². The van der Waals surface area contributed by atoms with Crippen molar-refractivity contribution in [1.29, 1.82) is 0 Å². The number of unbranched alkanes of at least 4 members (excludes halogenated alkanes) is 1. The van der Waals surface area contributed by atoms with Crippen molar-refractivity contribution in [1.82, 2.24) is 4.67 Å². The summed E-state index contributed by atoms with van der Waals surface area (Å²) in [6.45, 7) is 7.62. The van der Waals surface area contributed by atoms with Gasteiger partial charge in [0.25, 0.3) is 12.4 Å². The van der Waals surface area contributed by atoms with Crippen molar-refractivity contribution in [2.45, 2.75) is 33.1 Å². The standard InChI is InChI=1S/C7H14N/c1-4-5-6-7(2)8-3/h3-6H2,1-2H3/q+1. The molecule has 0 aromatic carbocycles. The van der Waals surface area contributed by atoms with Crippen molar-refractivity contribution >= 4 is 12.4 Å². The number of nitrogens with zero attached hydrogens (tertiary/aromatic N) is 1. The van der Waals surface area contributed by atoms with Crippen molar-refractivity contribution in [2.24, 2.45) is 0 Å². The minimum Gasteiger partial charge on any atom is -0.111 e. The summed E-state index contributed by atoms with van der Waals surface area (Å²) in [5.74, 6) is 0. The summed E-state index contributed by atoms with van der Waals surface area (Å²) in [4.78, 5) is 0. The normalized spacial score (nSPS) is 8.25. The third-order valence-electron chi connectivity index (χ3n) is 1.16. The van der Waals surface area contributed by atoms with E-state index in [2.05, 4.69) is 18.3 Å². The molecule has 0 aliphatic carbocycles. The molecule has 0 rings (SSSR count). The fourth-order valence-corrected chi connectivity index (χ4v) is 0.512. The van der Waals surface area contributed by atoms with E-state index in [1.165, 1.54) is 12.8 Å². The summed E-state index contributed by atoms with van der Waals surface area (Å²) in [5.41, 5.74) is 1.16. The zero-order valence-electron chi connectivity index (χ0n) is 5.78. The Morgan fingerprint density at radius 3 is 2.62 bits per heavy atom. The van der Waals surface area contributed by atoms with Gasteiger partial charge in [-0.25, -0.2) is 0 Å². The molecule has 0 aromatic heterocycles. The van der Waals surface area contributed by atoms with Crippen molar-refractivity contribution in [3.63, 3.8) is 0 Å². The van der Waals surface area contributed by atoms with Crippen molar-refractivity contribution in [2.75, 3.05) is 0 Å². The largest absolute Gasteiger partial charge is 0.276 e. The van der Waals surface area contributed by atoms with Crippen LogP contribution in [0.25, 0.3) is 0 Å². The fraction of sp³-hybridized carbons (Fsp3) is 0.714. The number of rotatable bonds is 3.